The zero-order valence-electron chi connectivity index (χ0n) is 16.9. The lowest BCUT2D eigenvalue weighted by molar-refractivity contribution is 0.116. The molecule has 0 saturated carbocycles. The third-order valence-corrected chi connectivity index (χ3v) is 4.99. The lowest BCUT2D eigenvalue weighted by Crippen LogP contribution is -2.42. The first-order chi connectivity index (χ1) is 11.6. The molecular weight excluding hydrogens is 300 g/mol. The maximum Gasteiger partial charge on any atom is 0.0478 e. The number of nitrogens with two attached hydrogens (primary N) is 1. The van der Waals surface area contributed by atoms with Crippen molar-refractivity contribution in [1.29, 1.82) is 0 Å². The molecule has 0 aliphatic carbocycles. The van der Waals surface area contributed by atoms with Crippen molar-refractivity contribution >= 4 is 0 Å². The van der Waals surface area contributed by atoms with Gasteiger partial charge in [0.15, 0.2) is 0 Å². The van der Waals surface area contributed by atoms with Crippen molar-refractivity contribution in [1.82, 2.24) is 5.32 Å². The Balaban J connectivity index is 3.55. The quantitative estimate of drug-likeness (QED) is 0.367. The van der Waals surface area contributed by atoms with Gasteiger partial charge in [-0.2, -0.15) is 0 Å². The summed E-state index contributed by atoms with van der Waals surface area (Å²) in [7, 11) is 0. The number of hydrogen-bond donors (Lipinski definition) is 2. The second kappa shape index (κ2) is 16.3. The Bertz CT molecular complexity index is 264. The average molecular weight is 345 g/mol. The van der Waals surface area contributed by atoms with E-state index < -0.39 is 0 Å². The molecule has 3 N–H and O–H groups in total. The van der Waals surface area contributed by atoms with Gasteiger partial charge in [-0.1, -0.05) is 27.2 Å². The summed E-state index contributed by atoms with van der Waals surface area (Å²) >= 11 is 0. The van der Waals surface area contributed by atoms with Gasteiger partial charge in [0.25, 0.3) is 0 Å². The lowest BCUT2D eigenvalue weighted by atomic mass is 9.93. The molecule has 0 radical (unpaired) electrons. The summed E-state index contributed by atoms with van der Waals surface area (Å²) in [6.07, 6.45) is 9.21. The first kappa shape index (κ1) is 23.8. The van der Waals surface area contributed by atoms with Crippen molar-refractivity contribution in [2.75, 3.05) is 39.5 Å². The lowest BCUT2D eigenvalue weighted by Gasteiger charge is -2.30. The zero-order chi connectivity index (χ0) is 18.1. The van der Waals surface area contributed by atoms with E-state index >= 15 is 0 Å². The van der Waals surface area contributed by atoms with Crippen molar-refractivity contribution in [3.8, 4) is 0 Å². The Kier molecular flexibility index (Phi) is 16.2. The van der Waals surface area contributed by atoms with Crippen LogP contribution in [0.2, 0.25) is 0 Å². The van der Waals surface area contributed by atoms with Gasteiger partial charge in [0, 0.05) is 32.0 Å². The fraction of sp³-hybridized carbons (Fsp3) is 1.00. The standard InChI is InChI=1S/C20H44N2O2/c1-5-19(3)11-7-15-23-18-10-14-22-20(4,6-2)12-8-16-24-17-9-13-21/h19,22H,5-18,21H2,1-4H3. The van der Waals surface area contributed by atoms with Crippen LogP contribution in [-0.4, -0.2) is 45.1 Å². The molecule has 0 heterocycles. The molecule has 24 heavy (non-hydrogen) atoms. The monoisotopic (exact) mass is 344 g/mol. The Morgan fingerprint density at radius 3 is 2.21 bits per heavy atom. The summed E-state index contributed by atoms with van der Waals surface area (Å²) in [6.45, 7) is 14.3. The highest BCUT2D eigenvalue weighted by Crippen LogP contribution is 2.16. The van der Waals surface area contributed by atoms with E-state index in [0.717, 1.165) is 71.0 Å². The van der Waals surface area contributed by atoms with E-state index in [-0.39, 0.29) is 5.54 Å². The van der Waals surface area contributed by atoms with Crippen LogP contribution < -0.4 is 11.1 Å². The van der Waals surface area contributed by atoms with Crippen molar-refractivity contribution < 1.29 is 9.47 Å². The predicted octanol–water partition coefficient (Wildman–Crippen LogP) is 4.12. The fourth-order valence-electron chi connectivity index (χ4n) is 2.65. The van der Waals surface area contributed by atoms with Crippen LogP contribution in [0.4, 0.5) is 0 Å². The molecule has 0 aromatic heterocycles. The van der Waals surface area contributed by atoms with Gasteiger partial charge in [-0.05, 0) is 70.9 Å². The second-order valence-corrected chi connectivity index (χ2v) is 7.32. The number of hydrogen-bond acceptors (Lipinski definition) is 4. The summed E-state index contributed by atoms with van der Waals surface area (Å²) in [6, 6.07) is 0. The molecule has 4 heteroatoms. The molecule has 0 rings (SSSR count). The maximum atomic E-state index is 5.74. The SMILES string of the molecule is CCC(C)CCCOCCCNC(C)(CC)CCCOCCCN. The molecule has 0 aromatic rings. The molecule has 0 saturated heterocycles. The molecule has 4 nitrogen and oxygen atoms in total. The smallest absolute Gasteiger partial charge is 0.0478 e. The number of nitrogens with one attached hydrogen (secondary N) is 1. The van der Waals surface area contributed by atoms with E-state index in [2.05, 4.69) is 33.0 Å². The molecule has 0 bridgehead atoms. The van der Waals surface area contributed by atoms with Gasteiger partial charge < -0.3 is 20.5 Å². The molecule has 0 aliphatic rings. The Morgan fingerprint density at radius 1 is 0.958 bits per heavy atom. The van der Waals surface area contributed by atoms with Crippen molar-refractivity contribution in [3.63, 3.8) is 0 Å². The van der Waals surface area contributed by atoms with Crippen molar-refractivity contribution in [3.05, 3.63) is 0 Å². The number of rotatable bonds is 18. The normalized spacial score (nSPS) is 15.4. The summed E-state index contributed by atoms with van der Waals surface area (Å²) in [4.78, 5) is 0. The van der Waals surface area contributed by atoms with Gasteiger partial charge in [0.05, 0.1) is 0 Å². The van der Waals surface area contributed by atoms with Gasteiger partial charge in [0.2, 0.25) is 0 Å². The van der Waals surface area contributed by atoms with E-state index in [1.165, 1.54) is 19.3 Å². The van der Waals surface area contributed by atoms with Crippen molar-refractivity contribution in [2.45, 2.75) is 84.6 Å². The van der Waals surface area contributed by atoms with Crippen molar-refractivity contribution in [2.24, 2.45) is 11.7 Å². The minimum atomic E-state index is 0.216. The molecule has 0 aromatic carbocycles. The second-order valence-electron chi connectivity index (χ2n) is 7.32. The summed E-state index contributed by atoms with van der Waals surface area (Å²) in [5.74, 6) is 0.833. The zero-order valence-corrected chi connectivity index (χ0v) is 16.9. The van der Waals surface area contributed by atoms with E-state index in [1.807, 2.05) is 0 Å². The molecule has 0 amide bonds. The predicted molar refractivity (Wildman–Crippen MR) is 105 cm³/mol. The molecule has 2 unspecified atom stereocenters. The van der Waals surface area contributed by atoms with Gasteiger partial charge in [-0.3, -0.25) is 0 Å². The molecule has 0 aliphatic heterocycles. The van der Waals surface area contributed by atoms with Crippen LogP contribution in [-0.2, 0) is 9.47 Å². The van der Waals surface area contributed by atoms with Crippen LogP contribution in [0.15, 0.2) is 0 Å². The first-order valence-corrected chi connectivity index (χ1v) is 10.2. The minimum absolute atomic E-state index is 0.216. The highest BCUT2D eigenvalue weighted by molar-refractivity contribution is 4.81. The molecule has 146 valence electrons. The summed E-state index contributed by atoms with van der Waals surface area (Å²) in [5.41, 5.74) is 5.68. The van der Waals surface area contributed by atoms with Crippen LogP contribution in [0, 0.1) is 5.92 Å². The third kappa shape index (κ3) is 14.2. The Hall–Kier alpha value is -0.160. The van der Waals surface area contributed by atoms with Crippen LogP contribution in [0.3, 0.4) is 0 Å². The van der Waals surface area contributed by atoms with E-state index in [0.29, 0.717) is 6.54 Å². The largest absolute Gasteiger partial charge is 0.381 e. The molecule has 0 fully saturated rings. The molecular formula is C20H44N2O2. The van der Waals surface area contributed by atoms with Gasteiger partial charge in [-0.15, -0.1) is 0 Å². The summed E-state index contributed by atoms with van der Waals surface area (Å²) < 4.78 is 11.3. The molecule has 0 spiro atoms. The van der Waals surface area contributed by atoms with E-state index in [9.17, 15) is 0 Å². The van der Waals surface area contributed by atoms with Crippen LogP contribution in [0.1, 0.15) is 79.1 Å². The minimum Gasteiger partial charge on any atom is -0.381 e. The maximum absolute atomic E-state index is 5.74. The highest BCUT2D eigenvalue weighted by Gasteiger charge is 2.20. The number of ether oxygens (including phenoxy) is 2. The van der Waals surface area contributed by atoms with Gasteiger partial charge >= 0.3 is 0 Å². The Morgan fingerprint density at radius 2 is 1.58 bits per heavy atom. The Labute approximate surface area is 151 Å². The van der Waals surface area contributed by atoms with Crippen LogP contribution in [0.5, 0.6) is 0 Å². The topological polar surface area (TPSA) is 56.5 Å². The highest BCUT2D eigenvalue weighted by atomic mass is 16.5. The van der Waals surface area contributed by atoms with Crippen LogP contribution >= 0.6 is 0 Å². The van der Waals surface area contributed by atoms with Crippen LogP contribution in [0.25, 0.3) is 0 Å². The molecule has 2 atom stereocenters. The van der Waals surface area contributed by atoms with E-state index in [4.69, 9.17) is 15.2 Å². The summed E-state index contributed by atoms with van der Waals surface area (Å²) in [5, 5.41) is 3.71. The third-order valence-electron chi connectivity index (χ3n) is 4.99. The van der Waals surface area contributed by atoms with Gasteiger partial charge in [0.1, 0.15) is 0 Å². The first-order valence-electron chi connectivity index (χ1n) is 10.2. The fourth-order valence-corrected chi connectivity index (χ4v) is 2.65. The average Bonchev–Trinajstić information content (AvgIpc) is 2.60. The van der Waals surface area contributed by atoms with Gasteiger partial charge in [-0.25, -0.2) is 0 Å². The van der Waals surface area contributed by atoms with E-state index in [1.54, 1.807) is 0 Å².